The topological polar surface area (TPSA) is 52.6 Å². The smallest absolute Gasteiger partial charge is 0.228 e. The van der Waals surface area contributed by atoms with E-state index in [9.17, 15) is 9.90 Å². The van der Waals surface area contributed by atoms with Crippen LogP contribution in [0.2, 0.25) is 0 Å². The molecule has 2 atom stereocenters. The molecule has 4 nitrogen and oxygen atoms in total. The minimum absolute atomic E-state index is 0.211. The molecule has 0 bridgehead atoms. The second-order valence-corrected chi connectivity index (χ2v) is 5.96. The highest BCUT2D eigenvalue weighted by Gasteiger charge is 2.41. The van der Waals surface area contributed by atoms with Crippen molar-refractivity contribution in [3.8, 4) is 0 Å². The highest BCUT2D eigenvalue weighted by molar-refractivity contribution is 5.82. The van der Waals surface area contributed by atoms with Crippen LogP contribution in [0.15, 0.2) is 0 Å². The summed E-state index contributed by atoms with van der Waals surface area (Å²) < 4.78 is 0. The number of aliphatic hydroxyl groups excluding tert-OH is 1. The molecule has 1 amide bonds. The Morgan fingerprint density at radius 3 is 2.71 bits per heavy atom. The average molecular weight is 240 g/mol. The number of nitrogens with zero attached hydrogens (tertiary/aromatic N) is 1. The lowest BCUT2D eigenvalue weighted by Crippen LogP contribution is -2.48. The van der Waals surface area contributed by atoms with Crippen LogP contribution in [0.5, 0.6) is 0 Å². The number of hydrogen-bond acceptors (Lipinski definition) is 3. The Bertz CT molecular complexity index is 285. The summed E-state index contributed by atoms with van der Waals surface area (Å²) in [7, 11) is 0. The molecule has 4 heteroatoms. The maximum Gasteiger partial charge on any atom is 0.228 e. The lowest BCUT2D eigenvalue weighted by atomic mass is 9.74. The first kappa shape index (κ1) is 12.8. The van der Waals surface area contributed by atoms with Gasteiger partial charge in [0.05, 0.1) is 6.10 Å². The summed E-state index contributed by atoms with van der Waals surface area (Å²) in [5.74, 6) is 0.629. The van der Waals surface area contributed by atoms with Gasteiger partial charge in [-0.1, -0.05) is 13.8 Å². The fourth-order valence-corrected chi connectivity index (χ4v) is 2.98. The zero-order chi connectivity index (χ0) is 12.5. The second-order valence-electron chi connectivity index (χ2n) is 5.96. The van der Waals surface area contributed by atoms with Gasteiger partial charge >= 0.3 is 0 Å². The monoisotopic (exact) mass is 240 g/mol. The van der Waals surface area contributed by atoms with Gasteiger partial charge in [0.1, 0.15) is 0 Å². The van der Waals surface area contributed by atoms with Crippen molar-refractivity contribution in [1.82, 2.24) is 10.2 Å². The van der Waals surface area contributed by atoms with Crippen molar-refractivity contribution in [3.05, 3.63) is 0 Å². The van der Waals surface area contributed by atoms with Crippen LogP contribution in [0, 0.1) is 11.3 Å². The molecular weight excluding hydrogens is 216 g/mol. The van der Waals surface area contributed by atoms with Crippen LogP contribution in [-0.2, 0) is 4.79 Å². The summed E-state index contributed by atoms with van der Waals surface area (Å²) in [5, 5.41) is 12.9. The maximum absolute atomic E-state index is 12.5. The summed E-state index contributed by atoms with van der Waals surface area (Å²) in [4.78, 5) is 14.3. The van der Waals surface area contributed by atoms with Crippen LogP contribution in [0.4, 0.5) is 0 Å². The van der Waals surface area contributed by atoms with Crippen LogP contribution in [0.3, 0.4) is 0 Å². The molecule has 2 fully saturated rings. The fourth-order valence-electron chi connectivity index (χ4n) is 2.98. The van der Waals surface area contributed by atoms with E-state index in [0.717, 1.165) is 32.4 Å². The van der Waals surface area contributed by atoms with Gasteiger partial charge in [-0.05, 0) is 38.3 Å². The molecule has 0 radical (unpaired) electrons. The number of β-amino-alcohol motifs (C(OH)–C–C–N with tert-alkyl or cyclic N) is 1. The lowest BCUT2D eigenvalue weighted by Gasteiger charge is -2.38. The Morgan fingerprint density at radius 2 is 2.18 bits per heavy atom. The van der Waals surface area contributed by atoms with Gasteiger partial charge in [-0.15, -0.1) is 0 Å². The van der Waals surface area contributed by atoms with Crippen molar-refractivity contribution in [2.75, 3.05) is 26.2 Å². The summed E-state index contributed by atoms with van der Waals surface area (Å²) in [6.45, 7) is 7.35. The van der Waals surface area contributed by atoms with Gasteiger partial charge in [0, 0.05) is 18.5 Å². The lowest BCUT2D eigenvalue weighted by molar-refractivity contribution is -0.143. The summed E-state index contributed by atoms with van der Waals surface area (Å²) in [6.07, 6.45) is 2.69. The predicted octanol–water partition coefficient (Wildman–Crippen LogP) is 0.605. The van der Waals surface area contributed by atoms with E-state index in [2.05, 4.69) is 19.2 Å². The molecule has 2 N–H and O–H groups in total. The van der Waals surface area contributed by atoms with E-state index >= 15 is 0 Å². The highest BCUT2D eigenvalue weighted by Crippen LogP contribution is 2.34. The normalized spacial score (nSPS) is 30.6. The number of amides is 1. The van der Waals surface area contributed by atoms with Crippen molar-refractivity contribution in [2.45, 2.75) is 39.2 Å². The molecule has 98 valence electrons. The van der Waals surface area contributed by atoms with E-state index in [1.807, 2.05) is 4.90 Å². The highest BCUT2D eigenvalue weighted by atomic mass is 16.3. The Labute approximate surface area is 103 Å². The summed E-state index contributed by atoms with van der Waals surface area (Å²) in [5.41, 5.74) is -0.308. The molecule has 2 saturated heterocycles. The van der Waals surface area contributed by atoms with E-state index in [1.54, 1.807) is 0 Å². The zero-order valence-corrected chi connectivity index (χ0v) is 10.9. The molecule has 2 rings (SSSR count). The Morgan fingerprint density at radius 1 is 1.41 bits per heavy atom. The van der Waals surface area contributed by atoms with Crippen molar-refractivity contribution in [3.63, 3.8) is 0 Å². The number of hydrogen-bond donors (Lipinski definition) is 2. The quantitative estimate of drug-likeness (QED) is 0.743. The Balaban J connectivity index is 2.00. The molecule has 17 heavy (non-hydrogen) atoms. The van der Waals surface area contributed by atoms with Crippen molar-refractivity contribution in [1.29, 1.82) is 0 Å². The molecule has 0 saturated carbocycles. The maximum atomic E-state index is 12.5. The van der Waals surface area contributed by atoms with Crippen molar-refractivity contribution >= 4 is 5.91 Å². The first-order valence-electron chi connectivity index (χ1n) is 6.70. The standard InChI is InChI=1S/C13H24N2O2/c1-13(2,10-4-3-6-14-8-10)12(17)15-7-5-11(16)9-15/h10-11,14,16H,3-9H2,1-2H3/t10?,11-/m1/s1. The van der Waals surface area contributed by atoms with Crippen molar-refractivity contribution < 1.29 is 9.90 Å². The average Bonchev–Trinajstić information content (AvgIpc) is 2.76. The van der Waals surface area contributed by atoms with Gasteiger partial charge in [-0.3, -0.25) is 4.79 Å². The van der Waals surface area contributed by atoms with E-state index in [-0.39, 0.29) is 17.4 Å². The van der Waals surface area contributed by atoms with E-state index < -0.39 is 0 Å². The minimum atomic E-state index is -0.320. The molecular formula is C13H24N2O2. The molecule has 2 aliphatic heterocycles. The molecule has 0 spiro atoms. The van der Waals surface area contributed by atoms with Gasteiger partial charge in [0.25, 0.3) is 0 Å². The Hall–Kier alpha value is -0.610. The number of piperidine rings is 1. The van der Waals surface area contributed by atoms with Crippen LogP contribution in [0.25, 0.3) is 0 Å². The van der Waals surface area contributed by atoms with Crippen LogP contribution in [-0.4, -0.2) is 48.2 Å². The van der Waals surface area contributed by atoms with Crippen LogP contribution >= 0.6 is 0 Å². The minimum Gasteiger partial charge on any atom is -0.391 e. The van der Waals surface area contributed by atoms with Gasteiger partial charge in [-0.2, -0.15) is 0 Å². The third kappa shape index (κ3) is 2.63. The molecule has 1 unspecified atom stereocenters. The number of nitrogens with one attached hydrogen (secondary N) is 1. The first-order valence-corrected chi connectivity index (χ1v) is 6.70. The second kappa shape index (κ2) is 4.94. The fraction of sp³-hybridized carbons (Fsp3) is 0.923. The van der Waals surface area contributed by atoms with E-state index in [4.69, 9.17) is 0 Å². The van der Waals surface area contributed by atoms with Crippen molar-refractivity contribution in [2.24, 2.45) is 11.3 Å². The largest absolute Gasteiger partial charge is 0.391 e. The summed E-state index contributed by atoms with van der Waals surface area (Å²) in [6, 6.07) is 0. The molecule has 0 aromatic rings. The van der Waals surface area contributed by atoms with E-state index in [1.165, 1.54) is 0 Å². The third-order valence-electron chi connectivity index (χ3n) is 4.32. The molecule has 0 aromatic heterocycles. The van der Waals surface area contributed by atoms with Gasteiger partial charge in [0.15, 0.2) is 0 Å². The summed E-state index contributed by atoms with van der Waals surface area (Å²) >= 11 is 0. The zero-order valence-electron chi connectivity index (χ0n) is 10.9. The number of aliphatic hydroxyl groups is 1. The van der Waals surface area contributed by atoms with E-state index in [0.29, 0.717) is 19.0 Å². The van der Waals surface area contributed by atoms with Crippen LogP contribution < -0.4 is 5.32 Å². The molecule has 0 aromatic carbocycles. The number of carbonyl (C=O) groups is 1. The number of carbonyl (C=O) groups excluding carboxylic acids is 1. The SMILES string of the molecule is CC(C)(C(=O)N1CC[C@@H](O)C1)C1CCCNC1. The predicted molar refractivity (Wildman–Crippen MR) is 66.6 cm³/mol. The molecule has 0 aliphatic carbocycles. The van der Waals surface area contributed by atoms with Gasteiger partial charge in [0.2, 0.25) is 5.91 Å². The van der Waals surface area contributed by atoms with Crippen LogP contribution in [0.1, 0.15) is 33.1 Å². The van der Waals surface area contributed by atoms with Gasteiger partial charge < -0.3 is 15.3 Å². The number of rotatable bonds is 2. The third-order valence-corrected chi connectivity index (χ3v) is 4.32. The number of likely N-dealkylation sites (tertiary alicyclic amines) is 1. The molecule has 2 aliphatic rings. The molecule has 2 heterocycles. The first-order chi connectivity index (χ1) is 8.01. The van der Waals surface area contributed by atoms with Gasteiger partial charge in [-0.25, -0.2) is 0 Å². The Kier molecular flexibility index (Phi) is 3.73.